The van der Waals surface area contributed by atoms with Gasteiger partial charge in [0.1, 0.15) is 6.54 Å². The molecule has 0 aliphatic carbocycles. The molecule has 0 unspecified atom stereocenters. The lowest BCUT2D eigenvalue weighted by Gasteiger charge is -2.38. The van der Waals surface area contributed by atoms with Gasteiger partial charge in [-0.3, -0.25) is 9.36 Å². The first-order valence-corrected chi connectivity index (χ1v) is 6.50. The Morgan fingerprint density at radius 3 is 2.85 bits per heavy atom. The summed E-state index contributed by atoms with van der Waals surface area (Å²) >= 11 is 0. The van der Waals surface area contributed by atoms with Crippen molar-refractivity contribution in [1.29, 1.82) is 0 Å². The number of hydrogen-bond donors (Lipinski definition) is 1. The summed E-state index contributed by atoms with van der Waals surface area (Å²) < 4.78 is 11.6. The van der Waals surface area contributed by atoms with E-state index in [0.717, 1.165) is 0 Å². The molecule has 1 aliphatic heterocycles. The van der Waals surface area contributed by atoms with Gasteiger partial charge in [0.25, 0.3) is 0 Å². The highest BCUT2D eigenvalue weighted by Crippen LogP contribution is 2.25. The summed E-state index contributed by atoms with van der Waals surface area (Å²) in [5.41, 5.74) is 1.13. The number of aromatic nitrogens is 1. The fourth-order valence-electron chi connectivity index (χ4n) is 2.23. The lowest BCUT2D eigenvalue weighted by Crippen LogP contribution is -2.49. The zero-order valence-corrected chi connectivity index (χ0v) is 11.2. The summed E-state index contributed by atoms with van der Waals surface area (Å²) in [7, 11) is 0. The molecule has 1 amide bonds. The van der Waals surface area contributed by atoms with E-state index in [1.807, 2.05) is 0 Å². The molecule has 106 valence electrons. The number of oxazole rings is 1. The molecule has 2 aromatic rings. The van der Waals surface area contributed by atoms with E-state index in [2.05, 4.69) is 12.2 Å². The van der Waals surface area contributed by atoms with Crippen LogP contribution >= 0.6 is 0 Å². The Bertz CT molecular complexity index is 697. The standard InChI is InChI=1S/C14H16N2O4/c1-14(8-19-9-14)7-15-12(17)6-16-10-4-2-3-5-11(10)20-13(16)18/h2-5H,6-9H2,1H3,(H,15,17). The van der Waals surface area contributed by atoms with Gasteiger partial charge in [-0.05, 0) is 12.1 Å². The van der Waals surface area contributed by atoms with Crippen LogP contribution < -0.4 is 11.1 Å². The van der Waals surface area contributed by atoms with E-state index >= 15 is 0 Å². The molecule has 20 heavy (non-hydrogen) atoms. The van der Waals surface area contributed by atoms with Crippen LogP contribution in [0.5, 0.6) is 0 Å². The van der Waals surface area contributed by atoms with Crippen LogP contribution in [-0.4, -0.2) is 30.2 Å². The van der Waals surface area contributed by atoms with Crippen molar-refractivity contribution in [2.75, 3.05) is 19.8 Å². The van der Waals surface area contributed by atoms with Gasteiger partial charge in [-0.2, -0.15) is 0 Å². The molecule has 1 aromatic heterocycles. The topological polar surface area (TPSA) is 73.5 Å². The van der Waals surface area contributed by atoms with E-state index in [4.69, 9.17) is 9.15 Å². The average molecular weight is 276 g/mol. The number of nitrogens with zero attached hydrogens (tertiary/aromatic N) is 1. The lowest BCUT2D eigenvalue weighted by atomic mass is 9.89. The predicted molar refractivity (Wildman–Crippen MR) is 72.4 cm³/mol. The number of ether oxygens (including phenoxy) is 1. The third kappa shape index (κ3) is 2.34. The van der Waals surface area contributed by atoms with Crippen molar-refractivity contribution in [3.8, 4) is 0 Å². The Hall–Kier alpha value is -2.08. The van der Waals surface area contributed by atoms with E-state index in [9.17, 15) is 9.59 Å². The summed E-state index contributed by atoms with van der Waals surface area (Å²) in [4.78, 5) is 23.7. The molecule has 0 saturated carbocycles. The summed E-state index contributed by atoms with van der Waals surface area (Å²) in [5.74, 6) is -0.716. The second-order valence-corrected chi connectivity index (χ2v) is 5.50. The predicted octanol–water partition coefficient (Wildman–Crippen LogP) is 0.747. The maximum absolute atomic E-state index is 11.9. The number of carbonyl (C=O) groups excluding carboxylic acids is 1. The van der Waals surface area contributed by atoms with E-state index < -0.39 is 5.76 Å². The van der Waals surface area contributed by atoms with Crippen LogP contribution in [0.2, 0.25) is 0 Å². The Labute approximate surface area is 115 Å². The molecular weight excluding hydrogens is 260 g/mol. The van der Waals surface area contributed by atoms with Crippen LogP contribution in [0.15, 0.2) is 33.5 Å². The van der Waals surface area contributed by atoms with Gasteiger partial charge in [-0.1, -0.05) is 19.1 Å². The largest absolute Gasteiger partial charge is 0.420 e. The van der Waals surface area contributed by atoms with Gasteiger partial charge in [0.15, 0.2) is 5.58 Å². The molecule has 1 N–H and O–H groups in total. The quantitative estimate of drug-likeness (QED) is 0.894. The molecule has 3 rings (SSSR count). The number of carbonyl (C=O) groups is 1. The third-order valence-electron chi connectivity index (χ3n) is 3.49. The number of nitrogens with one attached hydrogen (secondary N) is 1. The molecule has 0 bridgehead atoms. The van der Waals surface area contributed by atoms with Gasteiger partial charge in [-0.15, -0.1) is 0 Å². The van der Waals surface area contributed by atoms with E-state index in [1.54, 1.807) is 24.3 Å². The molecule has 0 radical (unpaired) electrons. The number of rotatable bonds is 4. The average Bonchev–Trinajstić information content (AvgIpc) is 2.71. The number of fused-ring (bicyclic) bond motifs is 1. The van der Waals surface area contributed by atoms with Crippen molar-refractivity contribution in [3.05, 3.63) is 34.8 Å². The van der Waals surface area contributed by atoms with Crippen LogP contribution in [0.3, 0.4) is 0 Å². The van der Waals surface area contributed by atoms with Crippen molar-refractivity contribution in [1.82, 2.24) is 9.88 Å². The van der Waals surface area contributed by atoms with Crippen LogP contribution in [0.4, 0.5) is 0 Å². The first-order chi connectivity index (χ1) is 9.57. The van der Waals surface area contributed by atoms with E-state index in [1.165, 1.54) is 4.57 Å². The first-order valence-electron chi connectivity index (χ1n) is 6.50. The van der Waals surface area contributed by atoms with Crippen molar-refractivity contribution in [2.45, 2.75) is 13.5 Å². The van der Waals surface area contributed by atoms with Gasteiger partial charge in [0.2, 0.25) is 5.91 Å². The van der Waals surface area contributed by atoms with Gasteiger partial charge >= 0.3 is 5.76 Å². The molecule has 0 spiro atoms. The van der Waals surface area contributed by atoms with Gasteiger partial charge in [-0.25, -0.2) is 4.79 Å². The smallest absolute Gasteiger partial charge is 0.408 e. The maximum atomic E-state index is 11.9. The Morgan fingerprint density at radius 1 is 1.40 bits per heavy atom. The number of amides is 1. The maximum Gasteiger partial charge on any atom is 0.420 e. The molecular formula is C14H16N2O4. The highest BCUT2D eigenvalue weighted by atomic mass is 16.5. The molecule has 1 fully saturated rings. The van der Waals surface area contributed by atoms with Crippen molar-refractivity contribution in [2.24, 2.45) is 5.41 Å². The summed E-state index contributed by atoms with van der Waals surface area (Å²) in [6.07, 6.45) is 0. The molecule has 1 saturated heterocycles. The first kappa shape index (κ1) is 12.9. The molecule has 1 aliphatic rings. The SMILES string of the molecule is CC1(CNC(=O)Cn2c(=O)oc3ccccc32)COC1. The normalized spacial score (nSPS) is 16.9. The van der Waals surface area contributed by atoms with E-state index in [0.29, 0.717) is 30.9 Å². The number of hydrogen-bond acceptors (Lipinski definition) is 4. The van der Waals surface area contributed by atoms with Crippen molar-refractivity contribution in [3.63, 3.8) is 0 Å². The van der Waals surface area contributed by atoms with E-state index in [-0.39, 0.29) is 17.9 Å². The van der Waals surface area contributed by atoms with Crippen LogP contribution in [0.1, 0.15) is 6.92 Å². The molecule has 2 heterocycles. The summed E-state index contributed by atoms with van der Waals surface area (Å²) in [6, 6.07) is 7.05. The second kappa shape index (κ2) is 4.79. The lowest BCUT2D eigenvalue weighted by molar-refractivity contribution is -0.127. The Kier molecular flexibility index (Phi) is 3.10. The molecule has 0 atom stereocenters. The Balaban J connectivity index is 1.71. The Morgan fingerprint density at radius 2 is 2.15 bits per heavy atom. The molecule has 6 nitrogen and oxygen atoms in total. The van der Waals surface area contributed by atoms with Crippen LogP contribution in [0, 0.1) is 5.41 Å². The highest BCUT2D eigenvalue weighted by Gasteiger charge is 2.33. The zero-order chi connectivity index (χ0) is 14.2. The molecule has 6 heteroatoms. The van der Waals surface area contributed by atoms with Crippen molar-refractivity contribution >= 4 is 17.0 Å². The minimum absolute atomic E-state index is 0.0130. The monoisotopic (exact) mass is 276 g/mol. The van der Waals surface area contributed by atoms with Crippen LogP contribution in [-0.2, 0) is 16.1 Å². The van der Waals surface area contributed by atoms with Gasteiger partial charge in [0, 0.05) is 12.0 Å². The number of para-hydroxylation sites is 2. The highest BCUT2D eigenvalue weighted by molar-refractivity contribution is 5.79. The summed E-state index contributed by atoms with van der Waals surface area (Å²) in [5, 5.41) is 2.83. The van der Waals surface area contributed by atoms with Crippen molar-refractivity contribution < 1.29 is 13.9 Å². The fourth-order valence-corrected chi connectivity index (χ4v) is 2.23. The minimum Gasteiger partial charge on any atom is -0.408 e. The van der Waals surface area contributed by atoms with Gasteiger partial charge in [0.05, 0.1) is 18.7 Å². The minimum atomic E-state index is -0.514. The third-order valence-corrected chi connectivity index (χ3v) is 3.49. The summed E-state index contributed by atoms with van der Waals surface area (Å²) in [6.45, 7) is 3.88. The molecule has 1 aromatic carbocycles. The van der Waals surface area contributed by atoms with Crippen LogP contribution in [0.25, 0.3) is 11.1 Å². The zero-order valence-electron chi connectivity index (χ0n) is 11.2. The van der Waals surface area contributed by atoms with Gasteiger partial charge < -0.3 is 14.5 Å². The second-order valence-electron chi connectivity index (χ2n) is 5.50. The number of benzene rings is 1. The fraction of sp³-hybridized carbons (Fsp3) is 0.429.